The lowest BCUT2D eigenvalue weighted by Gasteiger charge is -1.94. The summed E-state index contributed by atoms with van der Waals surface area (Å²) >= 11 is 7.11. The zero-order valence-corrected chi connectivity index (χ0v) is 14.6. The molecule has 0 bridgehead atoms. The van der Waals surface area contributed by atoms with Crippen LogP contribution in [-0.4, -0.2) is 0 Å². The average molecular weight is 407 g/mol. The number of halogens is 2. The molecule has 0 amide bonds. The third-order valence-corrected chi connectivity index (χ3v) is 4.77. The van der Waals surface area contributed by atoms with Crippen molar-refractivity contribution in [2.75, 3.05) is 0 Å². The summed E-state index contributed by atoms with van der Waals surface area (Å²) in [6.45, 7) is 4.06. The molecule has 0 saturated heterocycles. The fraction of sp³-hybridized carbons (Fsp3) is 0.118. The Hall–Kier alpha value is -1.39. The monoisotopic (exact) mass is 405 g/mol. The topological polar surface area (TPSA) is 24.4 Å². The Labute approximate surface area is 138 Å². The minimum atomic E-state index is 0.830. The molecule has 1 aliphatic carbocycles. The Bertz CT molecular complexity index is 985. The molecule has 2 nitrogen and oxygen atoms in total. The molecular formula is C17H11Br2O2+. The summed E-state index contributed by atoms with van der Waals surface area (Å²) in [5.74, 6) is 1.79. The molecule has 0 radical (unpaired) electrons. The maximum Gasteiger partial charge on any atom is 0.372 e. The van der Waals surface area contributed by atoms with E-state index in [9.17, 15) is 0 Å². The van der Waals surface area contributed by atoms with E-state index in [1.807, 2.05) is 19.1 Å². The SMILES string of the molecule is Cc1cc2c(C)ccc3oc4c(Br)cc(Br)cc4c3c-2[o+]1. The highest BCUT2D eigenvalue weighted by Crippen LogP contribution is 2.42. The van der Waals surface area contributed by atoms with Crippen molar-refractivity contribution in [1.29, 1.82) is 0 Å². The van der Waals surface area contributed by atoms with Crippen LogP contribution in [0.4, 0.5) is 0 Å². The molecule has 2 heterocycles. The first kappa shape index (κ1) is 13.3. The molecule has 1 aromatic carbocycles. The fourth-order valence-electron chi connectivity index (χ4n) is 2.78. The molecule has 1 aromatic heterocycles. The maximum atomic E-state index is 6.04. The van der Waals surface area contributed by atoms with Crippen LogP contribution in [0.25, 0.3) is 33.3 Å². The predicted octanol–water partition coefficient (Wildman–Crippen LogP) is 6.71. The number of hydrogen-bond donors (Lipinski definition) is 0. The van der Waals surface area contributed by atoms with E-state index in [-0.39, 0.29) is 0 Å². The van der Waals surface area contributed by atoms with Crippen LogP contribution >= 0.6 is 31.9 Å². The van der Waals surface area contributed by atoms with Crippen molar-refractivity contribution in [3.8, 4) is 11.3 Å². The van der Waals surface area contributed by atoms with Gasteiger partial charge in [0, 0.05) is 9.86 Å². The van der Waals surface area contributed by atoms with Crippen LogP contribution in [0.5, 0.6) is 0 Å². The van der Waals surface area contributed by atoms with Gasteiger partial charge in [0.2, 0.25) is 0 Å². The van der Waals surface area contributed by atoms with Gasteiger partial charge in [0.1, 0.15) is 16.6 Å². The number of furan rings is 2. The molecule has 0 unspecified atom stereocenters. The van der Waals surface area contributed by atoms with Gasteiger partial charge in [0.15, 0.2) is 0 Å². The second kappa shape index (κ2) is 4.55. The van der Waals surface area contributed by atoms with Crippen LogP contribution in [0.3, 0.4) is 0 Å². The van der Waals surface area contributed by atoms with Crippen LogP contribution in [-0.2, 0) is 0 Å². The summed E-state index contributed by atoms with van der Waals surface area (Å²) in [5, 5.41) is 2.06. The summed E-state index contributed by atoms with van der Waals surface area (Å²) in [6, 6.07) is 10.2. The molecule has 4 heteroatoms. The Morgan fingerprint density at radius 3 is 2.67 bits per heavy atom. The summed E-state index contributed by atoms with van der Waals surface area (Å²) in [4.78, 5) is 0. The zero-order chi connectivity index (χ0) is 14.7. The van der Waals surface area contributed by atoms with Crippen molar-refractivity contribution in [2.45, 2.75) is 13.8 Å². The van der Waals surface area contributed by atoms with Gasteiger partial charge < -0.3 is 4.42 Å². The Balaban J connectivity index is 2.31. The van der Waals surface area contributed by atoms with Gasteiger partial charge in [-0.05, 0) is 46.6 Å². The third-order valence-electron chi connectivity index (χ3n) is 3.73. The molecule has 104 valence electrons. The number of rotatable bonds is 0. The van der Waals surface area contributed by atoms with Gasteiger partial charge in [-0.15, -0.1) is 0 Å². The van der Waals surface area contributed by atoms with E-state index in [1.165, 1.54) is 5.56 Å². The Kier molecular flexibility index (Phi) is 2.88. The van der Waals surface area contributed by atoms with E-state index >= 15 is 0 Å². The number of hydrogen-bond acceptors (Lipinski definition) is 1. The van der Waals surface area contributed by atoms with Crippen LogP contribution < -0.4 is 0 Å². The van der Waals surface area contributed by atoms with Crippen LogP contribution in [0.15, 0.2) is 48.1 Å². The summed E-state index contributed by atoms with van der Waals surface area (Å²) in [7, 11) is 0. The number of fused-ring (bicyclic) bond motifs is 5. The summed E-state index contributed by atoms with van der Waals surface area (Å²) in [6.07, 6.45) is 0. The van der Waals surface area contributed by atoms with Crippen LogP contribution in [0.1, 0.15) is 11.3 Å². The molecule has 4 rings (SSSR count). The molecule has 0 atom stereocenters. The van der Waals surface area contributed by atoms with Crippen LogP contribution in [0.2, 0.25) is 0 Å². The van der Waals surface area contributed by atoms with Gasteiger partial charge in [-0.25, -0.2) is 4.42 Å². The van der Waals surface area contributed by atoms with Crippen molar-refractivity contribution >= 4 is 53.8 Å². The first-order valence-electron chi connectivity index (χ1n) is 6.59. The molecule has 0 spiro atoms. The van der Waals surface area contributed by atoms with Gasteiger partial charge in [-0.1, -0.05) is 22.0 Å². The molecule has 0 saturated carbocycles. The molecule has 0 N–H and O–H groups in total. The normalized spacial score (nSPS) is 11.8. The minimum absolute atomic E-state index is 0.830. The number of benzene rings is 1. The zero-order valence-electron chi connectivity index (χ0n) is 11.5. The quantitative estimate of drug-likeness (QED) is 0.303. The van der Waals surface area contributed by atoms with Crippen molar-refractivity contribution < 1.29 is 8.83 Å². The van der Waals surface area contributed by atoms with Crippen molar-refractivity contribution in [3.63, 3.8) is 0 Å². The van der Waals surface area contributed by atoms with E-state index in [2.05, 4.69) is 57.0 Å². The van der Waals surface area contributed by atoms with E-state index in [4.69, 9.17) is 8.83 Å². The van der Waals surface area contributed by atoms with E-state index in [0.717, 1.165) is 48.0 Å². The van der Waals surface area contributed by atoms with Crippen molar-refractivity contribution in [3.05, 3.63) is 50.6 Å². The number of aryl methyl sites for hydroxylation is 2. The minimum Gasteiger partial charge on any atom is -0.454 e. The molecule has 2 aromatic rings. The van der Waals surface area contributed by atoms with Gasteiger partial charge in [-0.3, -0.25) is 0 Å². The maximum absolute atomic E-state index is 6.04. The standard InChI is InChI=1S/C17H11Br2O2/c1-8-3-4-14-15(17-11(8)5-9(2)20-17)12-6-10(18)7-13(19)16(12)21-14/h3-7H,1-2H3/q+1. The summed E-state index contributed by atoms with van der Waals surface area (Å²) in [5.41, 5.74) is 3.97. The average Bonchev–Trinajstić information content (AvgIpc) is 2.93. The fourth-order valence-corrected chi connectivity index (χ4v) is 4.08. The van der Waals surface area contributed by atoms with Gasteiger partial charge >= 0.3 is 11.5 Å². The van der Waals surface area contributed by atoms with Gasteiger partial charge in [0.05, 0.1) is 23.0 Å². The molecule has 1 aliphatic heterocycles. The smallest absolute Gasteiger partial charge is 0.372 e. The largest absolute Gasteiger partial charge is 0.454 e. The second-order valence-electron chi connectivity index (χ2n) is 5.22. The van der Waals surface area contributed by atoms with Crippen LogP contribution in [0, 0.1) is 13.8 Å². The lowest BCUT2D eigenvalue weighted by Crippen LogP contribution is -1.75. The van der Waals surface area contributed by atoms with E-state index in [0.29, 0.717) is 0 Å². The predicted molar refractivity (Wildman–Crippen MR) is 91.9 cm³/mol. The first-order valence-corrected chi connectivity index (χ1v) is 8.17. The van der Waals surface area contributed by atoms with Gasteiger partial charge in [0.25, 0.3) is 0 Å². The lowest BCUT2D eigenvalue weighted by atomic mass is 10.1. The molecule has 0 fully saturated rings. The van der Waals surface area contributed by atoms with E-state index in [1.54, 1.807) is 0 Å². The van der Waals surface area contributed by atoms with Crippen molar-refractivity contribution in [1.82, 2.24) is 0 Å². The van der Waals surface area contributed by atoms with E-state index < -0.39 is 0 Å². The molecule has 21 heavy (non-hydrogen) atoms. The van der Waals surface area contributed by atoms with Gasteiger partial charge in [-0.2, -0.15) is 0 Å². The highest BCUT2D eigenvalue weighted by molar-refractivity contribution is 9.11. The first-order chi connectivity index (χ1) is 10.0. The molecular weight excluding hydrogens is 396 g/mol. The molecule has 2 aliphatic rings. The Morgan fingerprint density at radius 1 is 1.05 bits per heavy atom. The third kappa shape index (κ3) is 1.93. The highest BCUT2D eigenvalue weighted by atomic mass is 79.9. The highest BCUT2D eigenvalue weighted by Gasteiger charge is 2.28. The second-order valence-corrected chi connectivity index (χ2v) is 6.99. The lowest BCUT2D eigenvalue weighted by molar-refractivity contribution is 0.553. The van der Waals surface area contributed by atoms with Crippen molar-refractivity contribution in [2.24, 2.45) is 0 Å². The Morgan fingerprint density at radius 2 is 1.86 bits per heavy atom. The summed E-state index contributed by atoms with van der Waals surface area (Å²) < 4.78 is 14.0.